The summed E-state index contributed by atoms with van der Waals surface area (Å²) in [5.74, 6) is 0.136. The van der Waals surface area contributed by atoms with E-state index >= 15 is 0 Å². The molecule has 1 heterocycles. The van der Waals surface area contributed by atoms with Gasteiger partial charge in [-0.15, -0.1) is 0 Å². The predicted molar refractivity (Wildman–Crippen MR) is 79.6 cm³/mol. The Hall–Kier alpha value is -0.820. The first-order valence-corrected chi connectivity index (χ1v) is 7.13. The second kappa shape index (κ2) is 6.38. The highest BCUT2D eigenvalue weighted by molar-refractivity contribution is 14.1. The number of ether oxygens (including phenoxy) is 1. The molecular weight excluding hydrogens is 343 g/mol. The number of morpholine rings is 1. The quantitative estimate of drug-likeness (QED) is 0.838. The summed E-state index contributed by atoms with van der Waals surface area (Å²) in [7, 11) is 0. The lowest BCUT2D eigenvalue weighted by molar-refractivity contribution is -0.135. The Morgan fingerprint density at radius 2 is 2.17 bits per heavy atom. The number of benzene rings is 1. The maximum atomic E-state index is 12.2. The van der Waals surface area contributed by atoms with Crippen molar-refractivity contribution in [3.8, 4) is 0 Å². The zero-order chi connectivity index (χ0) is 13.0. The van der Waals surface area contributed by atoms with E-state index in [2.05, 4.69) is 27.9 Å². The molecule has 0 aliphatic carbocycles. The van der Waals surface area contributed by atoms with E-state index in [0.717, 1.165) is 9.26 Å². The van der Waals surface area contributed by atoms with E-state index in [-0.39, 0.29) is 11.9 Å². The van der Waals surface area contributed by atoms with E-state index in [1.807, 2.05) is 36.1 Å². The van der Waals surface area contributed by atoms with E-state index in [4.69, 9.17) is 4.74 Å². The summed E-state index contributed by atoms with van der Waals surface area (Å²) < 4.78 is 6.40. The molecule has 1 saturated heterocycles. The van der Waals surface area contributed by atoms with Crippen LogP contribution in [0.4, 0.5) is 5.69 Å². The number of carbonyl (C=O) groups excluding carboxylic acids is 1. The number of nitrogens with zero attached hydrogens (tertiary/aromatic N) is 1. The average molecular weight is 360 g/mol. The lowest BCUT2D eigenvalue weighted by Gasteiger charge is -2.29. The first-order valence-electron chi connectivity index (χ1n) is 6.05. The van der Waals surface area contributed by atoms with Gasteiger partial charge in [-0.05, 0) is 47.7 Å². The van der Waals surface area contributed by atoms with E-state index in [1.54, 1.807) is 0 Å². The number of nitrogens with one attached hydrogen (secondary N) is 1. The molecule has 2 rings (SSSR count). The van der Waals surface area contributed by atoms with Gasteiger partial charge in [-0.25, -0.2) is 0 Å². The van der Waals surface area contributed by atoms with Crippen LogP contribution < -0.4 is 5.32 Å². The Morgan fingerprint density at radius 3 is 2.83 bits per heavy atom. The van der Waals surface area contributed by atoms with Crippen molar-refractivity contribution < 1.29 is 9.53 Å². The highest BCUT2D eigenvalue weighted by Gasteiger charge is 2.22. The first kappa shape index (κ1) is 13.6. The van der Waals surface area contributed by atoms with Crippen LogP contribution in [0.5, 0.6) is 0 Å². The minimum atomic E-state index is -0.207. The van der Waals surface area contributed by atoms with Crippen molar-refractivity contribution in [3.05, 3.63) is 27.8 Å². The summed E-state index contributed by atoms with van der Waals surface area (Å²) in [6, 6.07) is 7.81. The topological polar surface area (TPSA) is 41.6 Å². The number of carbonyl (C=O) groups is 1. The third-order valence-electron chi connectivity index (χ3n) is 2.90. The van der Waals surface area contributed by atoms with Crippen LogP contribution >= 0.6 is 22.6 Å². The van der Waals surface area contributed by atoms with Gasteiger partial charge in [0.15, 0.2) is 0 Å². The van der Waals surface area contributed by atoms with Gasteiger partial charge in [0.1, 0.15) is 6.04 Å². The predicted octanol–water partition coefficient (Wildman–Crippen LogP) is 1.95. The van der Waals surface area contributed by atoms with Gasteiger partial charge in [-0.1, -0.05) is 6.07 Å². The zero-order valence-corrected chi connectivity index (χ0v) is 12.5. The van der Waals surface area contributed by atoms with Gasteiger partial charge in [0.05, 0.1) is 13.2 Å². The third-order valence-corrected chi connectivity index (χ3v) is 3.57. The first-order chi connectivity index (χ1) is 8.66. The van der Waals surface area contributed by atoms with Crippen LogP contribution in [0.25, 0.3) is 0 Å². The van der Waals surface area contributed by atoms with Crippen LogP contribution in [-0.2, 0) is 9.53 Å². The monoisotopic (exact) mass is 360 g/mol. The summed E-state index contributed by atoms with van der Waals surface area (Å²) >= 11 is 2.26. The van der Waals surface area contributed by atoms with E-state index in [9.17, 15) is 4.79 Å². The smallest absolute Gasteiger partial charge is 0.244 e. The molecule has 1 aliphatic heterocycles. The summed E-state index contributed by atoms with van der Waals surface area (Å²) in [5, 5.41) is 3.24. The van der Waals surface area contributed by atoms with Crippen molar-refractivity contribution in [1.82, 2.24) is 4.90 Å². The summed E-state index contributed by atoms with van der Waals surface area (Å²) in [6.45, 7) is 4.56. The molecule has 0 bridgehead atoms. The Kier molecular flexibility index (Phi) is 4.82. The van der Waals surface area contributed by atoms with Crippen molar-refractivity contribution >= 4 is 34.2 Å². The van der Waals surface area contributed by atoms with Crippen LogP contribution in [0.2, 0.25) is 0 Å². The summed E-state index contributed by atoms with van der Waals surface area (Å²) in [5.41, 5.74) is 0.982. The molecule has 0 radical (unpaired) electrons. The number of hydrogen-bond acceptors (Lipinski definition) is 3. The third kappa shape index (κ3) is 3.58. The van der Waals surface area contributed by atoms with Gasteiger partial charge < -0.3 is 15.0 Å². The minimum Gasteiger partial charge on any atom is -0.378 e. The average Bonchev–Trinajstić information content (AvgIpc) is 2.39. The van der Waals surface area contributed by atoms with Crippen molar-refractivity contribution in [3.63, 3.8) is 0 Å². The molecule has 1 aromatic rings. The number of hydrogen-bond donors (Lipinski definition) is 1. The molecule has 1 N–H and O–H groups in total. The Bertz CT molecular complexity index is 419. The van der Waals surface area contributed by atoms with Crippen LogP contribution in [0.1, 0.15) is 6.92 Å². The Labute approximate surface area is 121 Å². The highest BCUT2D eigenvalue weighted by Crippen LogP contribution is 2.14. The molecule has 0 spiro atoms. The fourth-order valence-corrected chi connectivity index (χ4v) is 2.49. The maximum Gasteiger partial charge on any atom is 0.244 e. The minimum absolute atomic E-state index is 0.136. The van der Waals surface area contributed by atoms with Gasteiger partial charge in [0, 0.05) is 22.3 Å². The summed E-state index contributed by atoms with van der Waals surface area (Å²) in [6.07, 6.45) is 0. The van der Waals surface area contributed by atoms with Crippen molar-refractivity contribution in [2.75, 3.05) is 31.6 Å². The number of halogens is 1. The molecule has 1 atom stereocenters. The van der Waals surface area contributed by atoms with Gasteiger partial charge in [-0.3, -0.25) is 4.79 Å². The van der Waals surface area contributed by atoms with E-state index < -0.39 is 0 Å². The molecular formula is C13H17IN2O2. The maximum absolute atomic E-state index is 12.2. The molecule has 1 aliphatic rings. The molecule has 1 fully saturated rings. The van der Waals surface area contributed by atoms with E-state index in [1.165, 1.54) is 0 Å². The lowest BCUT2D eigenvalue weighted by Crippen LogP contribution is -2.46. The second-order valence-electron chi connectivity index (χ2n) is 4.31. The van der Waals surface area contributed by atoms with Crippen LogP contribution in [-0.4, -0.2) is 43.2 Å². The zero-order valence-electron chi connectivity index (χ0n) is 10.4. The van der Waals surface area contributed by atoms with Crippen LogP contribution in [0.3, 0.4) is 0 Å². The van der Waals surface area contributed by atoms with Crippen molar-refractivity contribution in [2.24, 2.45) is 0 Å². The second-order valence-corrected chi connectivity index (χ2v) is 5.56. The van der Waals surface area contributed by atoms with Crippen molar-refractivity contribution in [1.29, 1.82) is 0 Å². The fraction of sp³-hybridized carbons (Fsp3) is 0.462. The molecule has 4 nitrogen and oxygen atoms in total. The van der Waals surface area contributed by atoms with Gasteiger partial charge in [0.2, 0.25) is 5.91 Å². The molecule has 18 heavy (non-hydrogen) atoms. The van der Waals surface area contributed by atoms with Crippen LogP contribution in [0.15, 0.2) is 24.3 Å². The normalized spacial score (nSPS) is 17.3. The molecule has 98 valence electrons. The SMILES string of the molecule is C[C@@H](Nc1cccc(I)c1)C(=O)N1CCOCC1. The Morgan fingerprint density at radius 1 is 1.44 bits per heavy atom. The van der Waals surface area contributed by atoms with Gasteiger partial charge in [-0.2, -0.15) is 0 Å². The highest BCUT2D eigenvalue weighted by atomic mass is 127. The number of amides is 1. The molecule has 1 amide bonds. The Balaban J connectivity index is 1.94. The molecule has 0 unspecified atom stereocenters. The van der Waals surface area contributed by atoms with Crippen molar-refractivity contribution in [2.45, 2.75) is 13.0 Å². The number of rotatable bonds is 3. The molecule has 0 aromatic heterocycles. The van der Waals surface area contributed by atoms with Crippen LogP contribution in [0, 0.1) is 3.57 Å². The molecule has 5 heteroatoms. The summed E-state index contributed by atoms with van der Waals surface area (Å²) in [4.78, 5) is 14.0. The lowest BCUT2D eigenvalue weighted by atomic mass is 10.2. The number of anilines is 1. The standard InChI is InChI=1S/C13H17IN2O2/c1-10(13(17)16-5-7-18-8-6-16)15-12-4-2-3-11(14)9-12/h2-4,9-10,15H,5-8H2,1H3/t10-/m1/s1. The molecule has 1 aromatic carbocycles. The fourth-order valence-electron chi connectivity index (χ4n) is 1.95. The van der Waals surface area contributed by atoms with Gasteiger partial charge >= 0.3 is 0 Å². The molecule has 0 saturated carbocycles. The van der Waals surface area contributed by atoms with E-state index in [0.29, 0.717) is 26.3 Å². The van der Waals surface area contributed by atoms with Gasteiger partial charge in [0.25, 0.3) is 0 Å². The largest absolute Gasteiger partial charge is 0.378 e.